The van der Waals surface area contributed by atoms with Crippen molar-refractivity contribution in [1.29, 1.82) is 0 Å². The van der Waals surface area contributed by atoms with Crippen molar-refractivity contribution >= 4 is 38.3 Å². The van der Waals surface area contributed by atoms with Gasteiger partial charge in [-0.05, 0) is 35.3 Å². The second-order valence-electron chi connectivity index (χ2n) is 3.72. The number of anilines is 1. The fourth-order valence-corrected chi connectivity index (χ4v) is 2.78. The summed E-state index contributed by atoms with van der Waals surface area (Å²) in [6.45, 7) is 4.05. The molecule has 1 amide bonds. The number of hydrogen-bond donors (Lipinski definition) is 1. The van der Waals surface area contributed by atoms with Crippen molar-refractivity contribution in [1.82, 2.24) is 9.97 Å². The molecule has 0 atom stereocenters. The van der Waals surface area contributed by atoms with Crippen LogP contribution in [0.1, 0.15) is 27.9 Å². The molecular formula is C12H12BrN3OS. The standard InChI is InChI=1S/C12H12BrN3OS/c1-3-10-7(2)18-12(15-10)16-11(17)8-4-9(13)6-14-5-8/h4-6H,3H2,1-2H3,(H,15,16,17). The summed E-state index contributed by atoms with van der Waals surface area (Å²) in [6.07, 6.45) is 4.04. The number of thiazole rings is 1. The summed E-state index contributed by atoms with van der Waals surface area (Å²) in [5.41, 5.74) is 1.54. The van der Waals surface area contributed by atoms with Crippen LogP contribution in [0.25, 0.3) is 0 Å². The van der Waals surface area contributed by atoms with Crippen LogP contribution in [0, 0.1) is 6.92 Å². The van der Waals surface area contributed by atoms with E-state index in [1.807, 2.05) is 13.8 Å². The maximum Gasteiger partial charge on any atom is 0.259 e. The van der Waals surface area contributed by atoms with Crippen molar-refractivity contribution in [3.8, 4) is 0 Å². The van der Waals surface area contributed by atoms with E-state index in [4.69, 9.17) is 0 Å². The minimum absolute atomic E-state index is 0.194. The molecule has 18 heavy (non-hydrogen) atoms. The molecule has 2 aromatic heterocycles. The average molecular weight is 326 g/mol. The Morgan fingerprint density at radius 3 is 2.89 bits per heavy atom. The molecule has 0 radical (unpaired) electrons. The van der Waals surface area contributed by atoms with Gasteiger partial charge >= 0.3 is 0 Å². The van der Waals surface area contributed by atoms with Gasteiger partial charge in [-0.3, -0.25) is 15.1 Å². The van der Waals surface area contributed by atoms with Gasteiger partial charge in [0.25, 0.3) is 5.91 Å². The monoisotopic (exact) mass is 325 g/mol. The molecule has 0 saturated carbocycles. The molecule has 0 bridgehead atoms. The third kappa shape index (κ3) is 2.94. The van der Waals surface area contributed by atoms with Gasteiger partial charge in [-0.2, -0.15) is 0 Å². The summed E-state index contributed by atoms with van der Waals surface area (Å²) in [7, 11) is 0. The number of carbonyl (C=O) groups is 1. The van der Waals surface area contributed by atoms with Crippen LogP contribution in [0.5, 0.6) is 0 Å². The molecule has 0 aliphatic rings. The molecule has 0 aromatic carbocycles. The first-order valence-electron chi connectivity index (χ1n) is 5.48. The van der Waals surface area contributed by atoms with Crippen LogP contribution in [-0.2, 0) is 6.42 Å². The maximum atomic E-state index is 12.0. The van der Waals surface area contributed by atoms with E-state index in [0.29, 0.717) is 10.7 Å². The number of hydrogen-bond acceptors (Lipinski definition) is 4. The summed E-state index contributed by atoms with van der Waals surface area (Å²) >= 11 is 4.78. The zero-order valence-electron chi connectivity index (χ0n) is 10.0. The van der Waals surface area contributed by atoms with Gasteiger partial charge in [0.05, 0.1) is 11.3 Å². The molecule has 1 N–H and O–H groups in total. The van der Waals surface area contributed by atoms with Gasteiger partial charge in [0.2, 0.25) is 0 Å². The summed E-state index contributed by atoms with van der Waals surface area (Å²) in [4.78, 5) is 21.4. The maximum absolute atomic E-state index is 12.0. The minimum atomic E-state index is -0.194. The van der Waals surface area contributed by atoms with Gasteiger partial charge in [-0.15, -0.1) is 11.3 Å². The van der Waals surface area contributed by atoms with Gasteiger partial charge in [0.15, 0.2) is 5.13 Å². The highest BCUT2D eigenvalue weighted by Gasteiger charge is 2.11. The first-order valence-corrected chi connectivity index (χ1v) is 7.09. The lowest BCUT2D eigenvalue weighted by Gasteiger charge is -2.01. The molecule has 0 unspecified atom stereocenters. The second kappa shape index (κ2) is 5.58. The lowest BCUT2D eigenvalue weighted by atomic mass is 10.3. The zero-order valence-corrected chi connectivity index (χ0v) is 12.4. The number of nitrogens with one attached hydrogen (secondary N) is 1. The Labute approximate surface area is 118 Å². The molecule has 0 spiro atoms. The number of halogens is 1. The molecule has 94 valence electrons. The average Bonchev–Trinajstić information content (AvgIpc) is 2.69. The molecule has 4 nitrogen and oxygen atoms in total. The molecule has 0 fully saturated rings. The first-order chi connectivity index (χ1) is 8.60. The Hall–Kier alpha value is -1.27. The van der Waals surface area contributed by atoms with E-state index >= 15 is 0 Å². The van der Waals surface area contributed by atoms with E-state index in [-0.39, 0.29) is 5.91 Å². The van der Waals surface area contributed by atoms with Crippen molar-refractivity contribution < 1.29 is 4.79 Å². The lowest BCUT2D eigenvalue weighted by molar-refractivity contribution is 0.102. The Balaban J connectivity index is 2.16. The van der Waals surface area contributed by atoms with E-state index in [2.05, 4.69) is 31.2 Å². The normalized spacial score (nSPS) is 10.4. The van der Waals surface area contributed by atoms with Crippen LogP contribution in [0.4, 0.5) is 5.13 Å². The fraction of sp³-hybridized carbons (Fsp3) is 0.250. The van der Waals surface area contributed by atoms with Crippen molar-refractivity contribution in [3.05, 3.63) is 39.1 Å². The number of rotatable bonds is 3. The van der Waals surface area contributed by atoms with Crippen LogP contribution in [0.15, 0.2) is 22.9 Å². The molecule has 0 saturated heterocycles. The summed E-state index contributed by atoms with van der Waals surface area (Å²) < 4.78 is 0.778. The van der Waals surface area contributed by atoms with Crippen LogP contribution < -0.4 is 5.32 Å². The summed E-state index contributed by atoms with van der Waals surface area (Å²) in [5, 5.41) is 3.42. The van der Waals surface area contributed by atoms with Crippen LogP contribution in [0.2, 0.25) is 0 Å². The largest absolute Gasteiger partial charge is 0.298 e. The van der Waals surface area contributed by atoms with Crippen LogP contribution in [-0.4, -0.2) is 15.9 Å². The highest BCUT2D eigenvalue weighted by atomic mass is 79.9. The number of aromatic nitrogens is 2. The van der Waals surface area contributed by atoms with Gasteiger partial charge in [-0.1, -0.05) is 6.92 Å². The molecule has 2 rings (SSSR count). The lowest BCUT2D eigenvalue weighted by Crippen LogP contribution is -2.12. The fourth-order valence-electron chi connectivity index (χ4n) is 1.51. The van der Waals surface area contributed by atoms with Gasteiger partial charge < -0.3 is 0 Å². The SMILES string of the molecule is CCc1nc(NC(=O)c2cncc(Br)c2)sc1C. The number of carbonyl (C=O) groups excluding carboxylic acids is 1. The second-order valence-corrected chi connectivity index (χ2v) is 5.84. The van der Waals surface area contributed by atoms with Crippen LogP contribution >= 0.6 is 27.3 Å². The van der Waals surface area contributed by atoms with E-state index in [9.17, 15) is 4.79 Å². The van der Waals surface area contributed by atoms with Crippen molar-refractivity contribution in [2.75, 3.05) is 5.32 Å². The Morgan fingerprint density at radius 1 is 1.50 bits per heavy atom. The van der Waals surface area contributed by atoms with Gasteiger partial charge in [0, 0.05) is 21.7 Å². The molecular weight excluding hydrogens is 314 g/mol. The van der Waals surface area contributed by atoms with E-state index in [1.54, 1.807) is 12.3 Å². The third-order valence-corrected chi connectivity index (χ3v) is 3.78. The number of nitrogens with zero attached hydrogens (tertiary/aromatic N) is 2. The van der Waals surface area contributed by atoms with Crippen molar-refractivity contribution in [2.24, 2.45) is 0 Å². The first kappa shape index (κ1) is 13.2. The quantitative estimate of drug-likeness (QED) is 0.940. The highest BCUT2D eigenvalue weighted by molar-refractivity contribution is 9.10. The Morgan fingerprint density at radius 2 is 2.28 bits per heavy atom. The number of pyridine rings is 1. The van der Waals surface area contributed by atoms with E-state index in [0.717, 1.165) is 21.5 Å². The molecule has 6 heteroatoms. The van der Waals surface area contributed by atoms with Crippen LogP contribution in [0.3, 0.4) is 0 Å². The number of amides is 1. The smallest absolute Gasteiger partial charge is 0.259 e. The predicted octanol–water partition coefficient (Wildman–Crippen LogP) is 3.42. The Bertz CT molecular complexity index is 582. The summed E-state index contributed by atoms with van der Waals surface area (Å²) in [6, 6.07) is 1.73. The summed E-state index contributed by atoms with van der Waals surface area (Å²) in [5.74, 6) is -0.194. The molecule has 0 aliphatic heterocycles. The van der Waals surface area contributed by atoms with E-state index < -0.39 is 0 Å². The van der Waals surface area contributed by atoms with Gasteiger partial charge in [0.1, 0.15) is 0 Å². The van der Waals surface area contributed by atoms with E-state index in [1.165, 1.54) is 17.5 Å². The minimum Gasteiger partial charge on any atom is -0.298 e. The zero-order chi connectivity index (χ0) is 13.1. The number of aryl methyl sites for hydroxylation is 2. The molecule has 2 aromatic rings. The Kier molecular flexibility index (Phi) is 4.08. The predicted molar refractivity (Wildman–Crippen MR) is 76.1 cm³/mol. The molecule has 0 aliphatic carbocycles. The molecule has 2 heterocycles. The van der Waals surface area contributed by atoms with Gasteiger partial charge in [-0.25, -0.2) is 4.98 Å². The third-order valence-electron chi connectivity index (χ3n) is 2.42. The topological polar surface area (TPSA) is 54.9 Å². The highest BCUT2D eigenvalue weighted by Crippen LogP contribution is 2.23. The van der Waals surface area contributed by atoms with Crippen molar-refractivity contribution in [3.63, 3.8) is 0 Å². The van der Waals surface area contributed by atoms with Crippen molar-refractivity contribution in [2.45, 2.75) is 20.3 Å².